The minimum Gasteiger partial charge on any atom is -0.324 e. The molecule has 0 aliphatic heterocycles. The van der Waals surface area contributed by atoms with Gasteiger partial charge >= 0.3 is 0 Å². The molecule has 0 unspecified atom stereocenters. The van der Waals surface area contributed by atoms with E-state index in [0.29, 0.717) is 5.54 Å². The molecule has 0 aromatic carbocycles. The Morgan fingerprint density at radius 1 is 1.08 bits per heavy atom. The molecule has 2 rings (SSSR count). The summed E-state index contributed by atoms with van der Waals surface area (Å²) in [6, 6.07) is 0. The van der Waals surface area contributed by atoms with Crippen molar-refractivity contribution < 1.29 is 0 Å². The average Bonchev–Trinajstić information content (AvgIpc) is 2.84. The first-order valence-corrected chi connectivity index (χ1v) is 5.66. The monoisotopic (exact) mass is 182 g/mol. The van der Waals surface area contributed by atoms with E-state index in [1.54, 1.807) is 0 Å². The number of nitrogens with two attached hydrogens (primary N) is 1. The molecule has 0 amide bonds. The van der Waals surface area contributed by atoms with Gasteiger partial charge in [-0.1, -0.05) is 19.3 Å². The minimum absolute atomic E-state index is 0.115. The summed E-state index contributed by atoms with van der Waals surface area (Å²) in [5, 5.41) is 3.62. The Morgan fingerprint density at radius 3 is 2.23 bits per heavy atom. The molecule has 2 aliphatic carbocycles. The van der Waals surface area contributed by atoms with Gasteiger partial charge in [-0.05, 0) is 32.6 Å². The van der Waals surface area contributed by atoms with Crippen LogP contribution in [0.25, 0.3) is 0 Å². The lowest BCUT2D eigenvalue weighted by Gasteiger charge is -2.34. The van der Waals surface area contributed by atoms with Crippen LogP contribution < -0.4 is 11.1 Å². The topological polar surface area (TPSA) is 38.0 Å². The summed E-state index contributed by atoms with van der Waals surface area (Å²) in [6.07, 6.45) is 9.15. The second-order valence-electron chi connectivity index (χ2n) is 5.34. The van der Waals surface area contributed by atoms with E-state index in [0.717, 1.165) is 6.54 Å². The van der Waals surface area contributed by atoms with Gasteiger partial charge in [0.15, 0.2) is 0 Å². The van der Waals surface area contributed by atoms with E-state index in [9.17, 15) is 0 Å². The van der Waals surface area contributed by atoms with Gasteiger partial charge in [0.25, 0.3) is 0 Å². The quantitative estimate of drug-likeness (QED) is 0.698. The maximum Gasteiger partial charge on any atom is 0.0281 e. The normalized spacial score (nSPS) is 30.0. The highest BCUT2D eigenvalue weighted by Crippen LogP contribution is 2.35. The summed E-state index contributed by atoms with van der Waals surface area (Å²) < 4.78 is 0. The van der Waals surface area contributed by atoms with Gasteiger partial charge in [-0.25, -0.2) is 0 Å². The Kier molecular flexibility index (Phi) is 2.37. The zero-order valence-electron chi connectivity index (χ0n) is 8.73. The Hall–Kier alpha value is -0.0800. The SMILES string of the molecule is CC1(NCC2(N)CCCCC2)CC1. The van der Waals surface area contributed by atoms with Gasteiger partial charge < -0.3 is 11.1 Å². The summed E-state index contributed by atoms with van der Waals surface area (Å²) in [6.45, 7) is 3.34. The van der Waals surface area contributed by atoms with Crippen LogP contribution in [0, 0.1) is 0 Å². The molecule has 3 N–H and O–H groups in total. The number of hydrogen-bond acceptors (Lipinski definition) is 2. The third kappa shape index (κ3) is 2.44. The molecule has 2 saturated carbocycles. The molecule has 0 saturated heterocycles. The van der Waals surface area contributed by atoms with Crippen molar-refractivity contribution in [1.29, 1.82) is 0 Å². The van der Waals surface area contributed by atoms with Crippen LogP contribution in [0.3, 0.4) is 0 Å². The van der Waals surface area contributed by atoms with Crippen LogP contribution in [0.4, 0.5) is 0 Å². The smallest absolute Gasteiger partial charge is 0.0281 e. The molecule has 0 aromatic rings. The highest BCUT2D eigenvalue weighted by Gasteiger charge is 2.39. The average molecular weight is 182 g/mol. The molecule has 0 radical (unpaired) electrons. The van der Waals surface area contributed by atoms with Crippen molar-refractivity contribution >= 4 is 0 Å². The Balaban J connectivity index is 1.77. The first-order chi connectivity index (χ1) is 6.12. The van der Waals surface area contributed by atoms with Crippen LogP contribution >= 0.6 is 0 Å². The van der Waals surface area contributed by atoms with Crippen molar-refractivity contribution in [2.75, 3.05) is 6.54 Å². The fraction of sp³-hybridized carbons (Fsp3) is 1.00. The van der Waals surface area contributed by atoms with Crippen LogP contribution in [0.5, 0.6) is 0 Å². The second-order valence-corrected chi connectivity index (χ2v) is 5.34. The largest absolute Gasteiger partial charge is 0.324 e. The van der Waals surface area contributed by atoms with Crippen LogP contribution in [0.2, 0.25) is 0 Å². The van der Waals surface area contributed by atoms with Crippen LogP contribution in [0.15, 0.2) is 0 Å². The van der Waals surface area contributed by atoms with Crippen molar-refractivity contribution in [2.45, 2.75) is 62.9 Å². The molecule has 76 valence electrons. The molecule has 2 heteroatoms. The van der Waals surface area contributed by atoms with Gasteiger partial charge in [-0.3, -0.25) is 0 Å². The lowest BCUT2D eigenvalue weighted by atomic mass is 9.82. The molecule has 13 heavy (non-hydrogen) atoms. The molecule has 0 heterocycles. The Bertz CT molecular complexity index is 179. The Morgan fingerprint density at radius 2 is 1.69 bits per heavy atom. The number of nitrogens with one attached hydrogen (secondary N) is 1. The zero-order chi connectivity index (χ0) is 9.36. The minimum atomic E-state index is 0.115. The van der Waals surface area contributed by atoms with Crippen LogP contribution in [0.1, 0.15) is 51.9 Å². The second kappa shape index (κ2) is 3.25. The Labute approximate surface area is 81.3 Å². The third-order valence-corrected chi connectivity index (χ3v) is 3.72. The fourth-order valence-corrected chi connectivity index (χ4v) is 2.19. The summed E-state index contributed by atoms with van der Waals surface area (Å²) in [4.78, 5) is 0. The highest BCUT2D eigenvalue weighted by molar-refractivity contribution is 5.00. The lowest BCUT2D eigenvalue weighted by Crippen LogP contribution is -2.52. The van der Waals surface area contributed by atoms with Gasteiger partial charge in [-0.15, -0.1) is 0 Å². The summed E-state index contributed by atoms with van der Waals surface area (Å²) in [7, 11) is 0. The summed E-state index contributed by atoms with van der Waals surface area (Å²) in [5.74, 6) is 0. The van der Waals surface area contributed by atoms with E-state index in [1.165, 1.54) is 44.9 Å². The molecule has 2 nitrogen and oxygen atoms in total. The molecule has 0 aromatic heterocycles. The van der Waals surface area contributed by atoms with E-state index in [1.807, 2.05) is 0 Å². The fourth-order valence-electron chi connectivity index (χ4n) is 2.19. The molecule has 2 aliphatic rings. The highest BCUT2D eigenvalue weighted by atomic mass is 15.0. The molecule has 0 atom stereocenters. The van der Waals surface area contributed by atoms with Gasteiger partial charge in [0.05, 0.1) is 0 Å². The van der Waals surface area contributed by atoms with Crippen LogP contribution in [-0.2, 0) is 0 Å². The van der Waals surface area contributed by atoms with Gasteiger partial charge in [0.1, 0.15) is 0 Å². The van der Waals surface area contributed by atoms with Crippen molar-refractivity contribution in [1.82, 2.24) is 5.32 Å². The van der Waals surface area contributed by atoms with E-state index in [4.69, 9.17) is 5.73 Å². The molecule has 0 spiro atoms. The van der Waals surface area contributed by atoms with Gasteiger partial charge in [0.2, 0.25) is 0 Å². The van der Waals surface area contributed by atoms with E-state index >= 15 is 0 Å². The number of rotatable bonds is 3. The van der Waals surface area contributed by atoms with Crippen LogP contribution in [-0.4, -0.2) is 17.6 Å². The zero-order valence-corrected chi connectivity index (χ0v) is 8.73. The predicted octanol–water partition coefficient (Wildman–Crippen LogP) is 1.79. The van der Waals surface area contributed by atoms with Gasteiger partial charge in [0, 0.05) is 17.6 Å². The van der Waals surface area contributed by atoms with Crippen molar-refractivity contribution in [3.63, 3.8) is 0 Å². The van der Waals surface area contributed by atoms with Crippen molar-refractivity contribution in [2.24, 2.45) is 5.73 Å². The standard InChI is InChI=1S/C11H22N2/c1-10(7-8-10)13-9-11(12)5-3-2-4-6-11/h13H,2-9,12H2,1H3. The summed E-state index contributed by atoms with van der Waals surface area (Å²) >= 11 is 0. The molecular formula is C11H22N2. The van der Waals surface area contributed by atoms with Crippen molar-refractivity contribution in [3.8, 4) is 0 Å². The molecule has 0 bridgehead atoms. The van der Waals surface area contributed by atoms with E-state index < -0.39 is 0 Å². The van der Waals surface area contributed by atoms with Gasteiger partial charge in [-0.2, -0.15) is 0 Å². The summed E-state index contributed by atoms with van der Waals surface area (Å²) in [5.41, 5.74) is 6.89. The van der Waals surface area contributed by atoms with Crippen molar-refractivity contribution in [3.05, 3.63) is 0 Å². The third-order valence-electron chi connectivity index (χ3n) is 3.72. The van der Waals surface area contributed by atoms with E-state index in [-0.39, 0.29) is 5.54 Å². The number of hydrogen-bond donors (Lipinski definition) is 2. The van der Waals surface area contributed by atoms with E-state index in [2.05, 4.69) is 12.2 Å². The maximum absolute atomic E-state index is 6.33. The predicted molar refractivity (Wildman–Crippen MR) is 55.6 cm³/mol. The lowest BCUT2D eigenvalue weighted by molar-refractivity contribution is 0.272. The maximum atomic E-state index is 6.33. The first-order valence-electron chi connectivity index (χ1n) is 5.66. The first kappa shape index (κ1) is 9.47. The molecule has 2 fully saturated rings. The molecular weight excluding hydrogens is 160 g/mol.